The van der Waals surface area contributed by atoms with E-state index in [4.69, 9.17) is 11.6 Å². The number of carbonyl (C=O) groups is 1. The van der Waals surface area contributed by atoms with Crippen molar-refractivity contribution in [2.24, 2.45) is 0 Å². The molecular weight excluding hydrogens is 374 g/mol. The van der Waals surface area contributed by atoms with E-state index in [1.54, 1.807) is 24.8 Å². The standard InChI is InChI=1S/C21H22ClN5O/c1-27(12-8-16-5-9-23-10-6-16)21-25-14-18(15-26-21)20(28)24-11-7-17-3-2-4-19(22)13-17/h2-6,9-10,13-15H,7-8,11-12H2,1H3,(H,24,28). The summed E-state index contributed by atoms with van der Waals surface area (Å²) in [4.78, 5) is 26.9. The zero-order valence-corrected chi connectivity index (χ0v) is 16.4. The minimum absolute atomic E-state index is 0.187. The Balaban J connectivity index is 1.48. The van der Waals surface area contributed by atoms with Crippen LogP contribution in [0.4, 0.5) is 5.95 Å². The van der Waals surface area contributed by atoms with Gasteiger partial charge < -0.3 is 10.2 Å². The number of likely N-dealkylation sites (N-methyl/N-ethyl adjacent to an activating group) is 1. The molecule has 0 spiro atoms. The fourth-order valence-electron chi connectivity index (χ4n) is 2.70. The van der Waals surface area contributed by atoms with Crippen molar-refractivity contribution in [3.05, 3.63) is 82.9 Å². The lowest BCUT2D eigenvalue weighted by molar-refractivity contribution is 0.0953. The van der Waals surface area contributed by atoms with Gasteiger partial charge in [0.25, 0.3) is 5.91 Å². The summed E-state index contributed by atoms with van der Waals surface area (Å²) in [7, 11) is 1.93. The maximum atomic E-state index is 12.3. The summed E-state index contributed by atoms with van der Waals surface area (Å²) in [5, 5.41) is 3.58. The van der Waals surface area contributed by atoms with Crippen LogP contribution >= 0.6 is 11.6 Å². The summed E-state index contributed by atoms with van der Waals surface area (Å²) in [5.74, 6) is 0.401. The molecule has 0 unspecified atom stereocenters. The Kier molecular flexibility index (Phi) is 6.92. The van der Waals surface area contributed by atoms with E-state index in [2.05, 4.69) is 20.3 Å². The normalized spacial score (nSPS) is 10.5. The third kappa shape index (κ3) is 5.76. The predicted octanol–water partition coefficient (Wildman–Crippen LogP) is 3.18. The van der Waals surface area contributed by atoms with Gasteiger partial charge in [0.2, 0.25) is 5.95 Å². The number of hydrogen-bond acceptors (Lipinski definition) is 5. The minimum atomic E-state index is -0.187. The largest absolute Gasteiger partial charge is 0.352 e. The highest BCUT2D eigenvalue weighted by Crippen LogP contribution is 2.11. The number of amides is 1. The molecule has 0 bridgehead atoms. The van der Waals surface area contributed by atoms with Crippen LogP contribution in [0.2, 0.25) is 5.02 Å². The van der Waals surface area contributed by atoms with Crippen molar-refractivity contribution in [1.82, 2.24) is 20.3 Å². The van der Waals surface area contributed by atoms with E-state index in [-0.39, 0.29) is 5.91 Å². The number of nitrogens with zero attached hydrogens (tertiary/aromatic N) is 4. The molecule has 28 heavy (non-hydrogen) atoms. The second-order valence-corrected chi connectivity index (χ2v) is 6.87. The van der Waals surface area contributed by atoms with Gasteiger partial charge in [-0.25, -0.2) is 9.97 Å². The van der Waals surface area contributed by atoms with Crippen molar-refractivity contribution < 1.29 is 4.79 Å². The summed E-state index contributed by atoms with van der Waals surface area (Å²) >= 11 is 5.97. The molecule has 3 aromatic rings. The van der Waals surface area contributed by atoms with E-state index < -0.39 is 0 Å². The molecule has 0 atom stereocenters. The van der Waals surface area contributed by atoms with Gasteiger partial charge in [-0.3, -0.25) is 9.78 Å². The van der Waals surface area contributed by atoms with Crippen molar-refractivity contribution in [2.45, 2.75) is 12.8 Å². The monoisotopic (exact) mass is 395 g/mol. The lowest BCUT2D eigenvalue weighted by atomic mass is 10.1. The van der Waals surface area contributed by atoms with Crippen LogP contribution in [0, 0.1) is 0 Å². The number of rotatable bonds is 8. The topological polar surface area (TPSA) is 71.0 Å². The fourth-order valence-corrected chi connectivity index (χ4v) is 2.91. The molecular formula is C21H22ClN5O. The smallest absolute Gasteiger partial charge is 0.254 e. The van der Waals surface area contributed by atoms with Crippen LogP contribution < -0.4 is 10.2 Å². The number of halogens is 1. The Labute approximate surface area is 169 Å². The van der Waals surface area contributed by atoms with Gasteiger partial charge in [-0.15, -0.1) is 0 Å². The highest BCUT2D eigenvalue weighted by Gasteiger charge is 2.09. The average molecular weight is 396 g/mol. The van der Waals surface area contributed by atoms with E-state index in [0.29, 0.717) is 29.5 Å². The van der Waals surface area contributed by atoms with Crippen molar-refractivity contribution in [2.75, 3.05) is 25.0 Å². The molecule has 1 aromatic carbocycles. The maximum absolute atomic E-state index is 12.3. The summed E-state index contributed by atoms with van der Waals surface area (Å²) in [6.07, 6.45) is 8.26. The number of benzene rings is 1. The van der Waals surface area contributed by atoms with Crippen LogP contribution in [0.1, 0.15) is 21.5 Å². The molecule has 0 saturated heterocycles. The Bertz CT molecular complexity index is 902. The van der Waals surface area contributed by atoms with E-state index in [0.717, 1.165) is 18.5 Å². The molecule has 1 amide bonds. The first kappa shape index (κ1) is 19.8. The van der Waals surface area contributed by atoms with Crippen molar-refractivity contribution >= 4 is 23.5 Å². The van der Waals surface area contributed by atoms with Crippen LogP contribution in [0.3, 0.4) is 0 Å². The quantitative estimate of drug-likeness (QED) is 0.634. The lowest BCUT2D eigenvalue weighted by Gasteiger charge is -2.16. The third-order valence-corrected chi connectivity index (χ3v) is 4.55. The van der Waals surface area contributed by atoms with E-state index in [1.807, 2.05) is 48.3 Å². The molecule has 2 heterocycles. The molecule has 0 aliphatic carbocycles. The first-order valence-electron chi connectivity index (χ1n) is 9.06. The Morgan fingerprint density at radius 2 is 1.82 bits per heavy atom. The predicted molar refractivity (Wildman–Crippen MR) is 111 cm³/mol. The maximum Gasteiger partial charge on any atom is 0.254 e. The van der Waals surface area contributed by atoms with Gasteiger partial charge in [0.1, 0.15) is 0 Å². The van der Waals surface area contributed by atoms with Crippen LogP contribution in [-0.2, 0) is 12.8 Å². The van der Waals surface area contributed by atoms with Gasteiger partial charge in [0, 0.05) is 49.9 Å². The summed E-state index contributed by atoms with van der Waals surface area (Å²) < 4.78 is 0. The molecule has 0 radical (unpaired) electrons. The minimum Gasteiger partial charge on any atom is -0.352 e. The molecule has 0 fully saturated rings. The zero-order valence-electron chi connectivity index (χ0n) is 15.7. The van der Waals surface area contributed by atoms with Crippen LogP contribution in [0.5, 0.6) is 0 Å². The second kappa shape index (κ2) is 9.80. The van der Waals surface area contributed by atoms with Gasteiger partial charge >= 0.3 is 0 Å². The third-order valence-electron chi connectivity index (χ3n) is 4.32. The summed E-state index contributed by atoms with van der Waals surface area (Å²) in [5.41, 5.74) is 2.73. The fraction of sp³-hybridized carbons (Fsp3) is 0.238. The number of pyridine rings is 1. The first-order valence-corrected chi connectivity index (χ1v) is 9.44. The molecule has 0 saturated carbocycles. The van der Waals surface area contributed by atoms with Crippen molar-refractivity contribution in [1.29, 1.82) is 0 Å². The summed E-state index contributed by atoms with van der Waals surface area (Å²) in [6.45, 7) is 1.29. The van der Waals surface area contributed by atoms with E-state index >= 15 is 0 Å². The van der Waals surface area contributed by atoms with Crippen LogP contribution in [0.15, 0.2) is 61.2 Å². The molecule has 6 nitrogen and oxygen atoms in total. The molecule has 1 N–H and O–H groups in total. The van der Waals surface area contributed by atoms with Gasteiger partial charge in [-0.2, -0.15) is 0 Å². The molecule has 0 aliphatic heterocycles. The summed E-state index contributed by atoms with van der Waals surface area (Å²) in [6, 6.07) is 11.6. The Morgan fingerprint density at radius 1 is 1.07 bits per heavy atom. The number of carbonyl (C=O) groups excluding carboxylic acids is 1. The van der Waals surface area contributed by atoms with Crippen LogP contribution in [-0.4, -0.2) is 41.0 Å². The molecule has 2 aromatic heterocycles. The van der Waals surface area contributed by atoms with Crippen molar-refractivity contribution in [3.63, 3.8) is 0 Å². The first-order chi connectivity index (χ1) is 13.6. The number of hydrogen-bond donors (Lipinski definition) is 1. The second-order valence-electron chi connectivity index (χ2n) is 6.43. The molecule has 0 aliphatic rings. The van der Waals surface area contributed by atoms with Gasteiger partial charge in [-0.1, -0.05) is 23.7 Å². The molecule has 144 valence electrons. The SMILES string of the molecule is CN(CCc1ccncc1)c1ncc(C(=O)NCCc2cccc(Cl)c2)cn1. The average Bonchev–Trinajstić information content (AvgIpc) is 2.73. The van der Waals surface area contributed by atoms with Gasteiger partial charge in [-0.05, 0) is 48.2 Å². The molecule has 3 rings (SSSR count). The Hall–Kier alpha value is -2.99. The number of aromatic nitrogens is 3. The zero-order chi connectivity index (χ0) is 19.8. The highest BCUT2D eigenvalue weighted by molar-refractivity contribution is 6.30. The highest BCUT2D eigenvalue weighted by atomic mass is 35.5. The number of anilines is 1. The van der Waals surface area contributed by atoms with Crippen LogP contribution in [0.25, 0.3) is 0 Å². The van der Waals surface area contributed by atoms with Crippen molar-refractivity contribution in [3.8, 4) is 0 Å². The molecule has 7 heteroatoms. The van der Waals surface area contributed by atoms with Gasteiger partial charge in [0.05, 0.1) is 5.56 Å². The van der Waals surface area contributed by atoms with E-state index in [1.165, 1.54) is 5.56 Å². The van der Waals surface area contributed by atoms with Gasteiger partial charge in [0.15, 0.2) is 0 Å². The Morgan fingerprint density at radius 3 is 2.54 bits per heavy atom. The lowest BCUT2D eigenvalue weighted by Crippen LogP contribution is -2.27. The van der Waals surface area contributed by atoms with E-state index in [9.17, 15) is 4.79 Å². The number of nitrogens with one attached hydrogen (secondary N) is 1.